The highest BCUT2D eigenvalue weighted by Gasteiger charge is 2.15. The van der Waals surface area contributed by atoms with Crippen molar-refractivity contribution in [2.45, 2.75) is 13.0 Å². The van der Waals surface area contributed by atoms with E-state index in [9.17, 15) is 4.79 Å². The summed E-state index contributed by atoms with van der Waals surface area (Å²) >= 11 is 1.32. The lowest BCUT2D eigenvalue weighted by Crippen LogP contribution is -2.31. The van der Waals surface area contributed by atoms with Crippen molar-refractivity contribution in [2.24, 2.45) is 0 Å². The molecule has 104 valence electrons. The van der Waals surface area contributed by atoms with Crippen LogP contribution in [0.5, 0.6) is 0 Å². The molecule has 0 aliphatic heterocycles. The highest BCUT2D eigenvalue weighted by molar-refractivity contribution is 7.14. The van der Waals surface area contributed by atoms with Crippen LogP contribution in [0.4, 0.5) is 10.7 Å². The van der Waals surface area contributed by atoms with Crippen LogP contribution in [0, 0.1) is 23.7 Å². The van der Waals surface area contributed by atoms with Gasteiger partial charge in [0.05, 0.1) is 5.56 Å². The number of benzene rings is 1. The van der Waals surface area contributed by atoms with Crippen molar-refractivity contribution in [1.82, 2.24) is 0 Å². The molecule has 1 atom stereocenters. The van der Waals surface area contributed by atoms with Crippen LogP contribution in [0.2, 0.25) is 0 Å². The third-order valence-electron chi connectivity index (χ3n) is 2.83. The largest absolute Gasteiger partial charge is 0.374 e. The molecule has 0 spiro atoms. The molecule has 0 radical (unpaired) electrons. The molecule has 0 bridgehead atoms. The van der Waals surface area contributed by atoms with Gasteiger partial charge < -0.3 is 10.6 Å². The molecule has 1 aromatic carbocycles. The van der Waals surface area contributed by atoms with Crippen molar-refractivity contribution in [3.63, 3.8) is 0 Å². The first-order valence-electron chi connectivity index (χ1n) is 6.25. The molecule has 1 heterocycles. The second-order valence-electron chi connectivity index (χ2n) is 4.36. The first-order valence-corrected chi connectivity index (χ1v) is 7.13. The van der Waals surface area contributed by atoms with Gasteiger partial charge in [-0.25, -0.2) is 0 Å². The van der Waals surface area contributed by atoms with Crippen LogP contribution >= 0.6 is 11.3 Å². The second-order valence-corrected chi connectivity index (χ2v) is 5.27. The Balaban J connectivity index is 2.03. The molecule has 4 nitrogen and oxygen atoms in total. The van der Waals surface area contributed by atoms with Crippen LogP contribution in [0.15, 0.2) is 35.7 Å². The smallest absolute Gasteiger partial charge is 0.247 e. The summed E-state index contributed by atoms with van der Waals surface area (Å²) in [6.45, 7) is 1.75. The Morgan fingerprint density at radius 1 is 1.43 bits per heavy atom. The maximum Gasteiger partial charge on any atom is 0.247 e. The zero-order valence-corrected chi connectivity index (χ0v) is 12.2. The SMILES string of the molecule is C#Cc1cccc(NC(C)C(=O)Nc2sccc2C#N)c1. The number of nitriles is 1. The Labute approximate surface area is 127 Å². The topological polar surface area (TPSA) is 64.9 Å². The number of carbonyl (C=O) groups excluding carboxylic acids is 1. The third-order valence-corrected chi connectivity index (χ3v) is 3.66. The highest BCUT2D eigenvalue weighted by Crippen LogP contribution is 2.22. The summed E-state index contributed by atoms with van der Waals surface area (Å²) in [6.07, 6.45) is 5.35. The highest BCUT2D eigenvalue weighted by atomic mass is 32.1. The van der Waals surface area contributed by atoms with Gasteiger partial charge in [-0.05, 0) is 36.6 Å². The number of thiophene rings is 1. The summed E-state index contributed by atoms with van der Waals surface area (Å²) in [5, 5.41) is 17.1. The van der Waals surface area contributed by atoms with Crippen LogP contribution in [0.1, 0.15) is 18.1 Å². The van der Waals surface area contributed by atoms with Crippen molar-refractivity contribution in [2.75, 3.05) is 10.6 Å². The van der Waals surface area contributed by atoms with E-state index in [4.69, 9.17) is 11.7 Å². The van der Waals surface area contributed by atoms with E-state index < -0.39 is 6.04 Å². The Bertz CT molecular complexity index is 736. The van der Waals surface area contributed by atoms with Crippen molar-refractivity contribution in [3.05, 3.63) is 46.8 Å². The summed E-state index contributed by atoms with van der Waals surface area (Å²) < 4.78 is 0. The first-order chi connectivity index (χ1) is 10.1. The van der Waals surface area contributed by atoms with Gasteiger partial charge in [0, 0.05) is 11.3 Å². The second kappa shape index (κ2) is 6.60. The van der Waals surface area contributed by atoms with Gasteiger partial charge >= 0.3 is 0 Å². The van der Waals surface area contributed by atoms with E-state index in [2.05, 4.69) is 16.6 Å². The van der Waals surface area contributed by atoms with Crippen molar-refractivity contribution >= 4 is 27.9 Å². The molecule has 1 aromatic heterocycles. The number of carbonyl (C=O) groups is 1. The number of rotatable bonds is 4. The predicted octanol–water partition coefficient (Wildman–Crippen LogP) is 3.04. The van der Waals surface area contributed by atoms with Crippen LogP contribution < -0.4 is 10.6 Å². The predicted molar refractivity (Wildman–Crippen MR) is 85.1 cm³/mol. The van der Waals surface area contributed by atoms with Gasteiger partial charge in [-0.2, -0.15) is 5.26 Å². The number of hydrogen-bond acceptors (Lipinski definition) is 4. The zero-order chi connectivity index (χ0) is 15.2. The maximum atomic E-state index is 12.1. The Morgan fingerprint density at radius 2 is 2.24 bits per heavy atom. The van der Waals surface area contributed by atoms with Gasteiger partial charge in [0.1, 0.15) is 17.1 Å². The van der Waals surface area contributed by atoms with Crippen molar-refractivity contribution < 1.29 is 4.79 Å². The standard InChI is InChI=1S/C16H13N3OS/c1-3-12-5-4-6-14(9-12)18-11(2)15(20)19-16-13(10-17)7-8-21-16/h1,4-9,11,18H,2H3,(H,19,20). The fourth-order valence-corrected chi connectivity index (χ4v) is 2.47. The minimum atomic E-state index is -0.452. The molecule has 2 aromatic rings. The molecular weight excluding hydrogens is 282 g/mol. The molecule has 5 heteroatoms. The van der Waals surface area contributed by atoms with E-state index in [1.54, 1.807) is 24.4 Å². The van der Waals surface area contributed by atoms with Gasteiger partial charge in [-0.3, -0.25) is 4.79 Å². The zero-order valence-electron chi connectivity index (χ0n) is 11.4. The molecule has 0 fully saturated rings. The Morgan fingerprint density at radius 3 is 2.95 bits per heavy atom. The van der Waals surface area contributed by atoms with Gasteiger partial charge in [0.15, 0.2) is 0 Å². The number of hydrogen-bond donors (Lipinski definition) is 2. The van der Waals surface area contributed by atoms with E-state index in [-0.39, 0.29) is 5.91 Å². The lowest BCUT2D eigenvalue weighted by Gasteiger charge is -2.15. The van der Waals surface area contributed by atoms with E-state index in [1.807, 2.05) is 24.3 Å². The Hall–Kier alpha value is -2.76. The van der Waals surface area contributed by atoms with Crippen LogP contribution in [0.3, 0.4) is 0 Å². The monoisotopic (exact) mass is 295 g/mol. The lowest BCUT2D eigenvalue weighted by molar-refractivity contribution is -0.116. The maximum absolute atomic E-state index is 12.1. The fourth-order valence-electron chi connectivity index (χ4n) is 1.73. The molecular formula is C16H13N3OS. The van der Waals surface area contributed by atoms with Gasteiger partial charge in [0.25, 0.3) is 0 Å². The van der Waals surface area contributed by atoms with Crippen molar-refractivity contribution in [3.8, 4) is 18.4 Å². The van der Waals surface area contributed by atoms with Crippen LogP contribution in [-0.4, -0.2) is 11.9 Å². The molecule has 2 rings (SSSR count). The van der Waals surface area contributed by atoms with Crippen LogP contribution in [-0.2, 0) is 4.79 Å². The number of anilines is 2. The van der Waals surface area contributed by atoms with Gasteiger partial charge in [-0.15, -0.1) is 17.8 Å². The molecule has 0 saturated carbocycles. The summed E-state index contributed by atoms with van der Waals surface area (Å²) in [7, 11) is 0. The number of nitrogens with one attached hydrogen (secondary N) is 2. The summed E-state index contributed by atoms with van der Waals surface area (Å²) in [6, 6.07) is 10.6. The average molecular weight is 295 g/mol. The number of nitrogens with zero attached hydrogens (tertiary/aromatic N) is 1. The molecule has 2 N–H and O–H groups in total. The minimum absolute atomic E-state index is 0.208. The van der Waals surface area contributed by atoms with E-state index >= 15 is 0 Å². The molecule has 21 heavy (non-hydrogen) atoms. The number of terminal acetylenes is 1. The van der Waals surface area contributed by atoms with E-state index in [0.29, 0.717) is 10.6 Å². The normalized spacial score (nSPS) is 11.0. The Kier molecular flexibility index (Phi) is 4.61. The molecule has 0 aliphatic carbocycles. The first kappa shape index (κ1) is 14.6. The molecule has 1 amide bonds. The summed E-state index contributed by atoms with van der Waals surface area (Å²) in [4.78, 5) is 12.1. The summed E-state index contributed by atoms with van der Waals surface area (Å²) in [5.41, 5.74) is 1.99. The molecule has 0 saturated heterocycles. The summed E-state index contributed by atoms with van der Waals surface area (Å²) in [5.74, 6) is 2.34. The van der Waals surface area contributed by atoms with E-state index in [0.717, 1.165) is 11.3 Å². The van der Waals surface area contributed by atoms with E-state index in [1.165, 1.54) is 11.3 Å². The lowest BCUT2D eigenvalue weighted by atomic mass is 10.2. The molecule has 0 aliphatic rings. The van der Waals surface area contributed by atoms with Crippen molar-refractivity contribution in [1.29, 1.82) is 5.26 Å². The fraction of sp³-hybridized carbons (Fsp3) is 0.125. The van der Waals surface area contributed by atoms with Gasteiger partial charge in [0.2, 0.25) is 5.91 Å². The molecule has 1 unspecified atom stereocenters. The van der Waals surface area contributed by atoms with Gasteiger partial charge in [-0.1, -0.05) is 12.0 Å². The quantitative estimate of drug-likeness (QED) is 0.852. The third kappa shape index (κ3) is 3.62. The average Bonchev–Trinajstić information content (AvgIpc) is 2.94. The number of amides is 1. The minimum Gasteiger partial charge on any atom is -0.374 e. The van der Waals surface area contributed by atoms with Crippen LogP contribution in [0.25, 0.3) is 0 Å².